The van der Waals surface area contributed by atoms with Crippen molar-refractivity contribution in [2.45, 2.75) is 245 Å². The van der Waals surface area contributed by atoms with Crippen LogP contribution in [0.3, 0.4) is 0 Å². The normalized spacial score (nSPS) is 35.9. The minimum atomic E-state index is -3.95. The van der Waals surface area contributed by atoms with Gasteiger partial charge in [-0.3, -0.25) is 23.7 Å². The molecule has 21 heteroatoms. The third-order valence-electron chi connectivity index (χ3n) is 23.1. The number of carbonyl (C=O) groups is 2. The Kier molecular flexibility index (Phi) is 17.2. The Morgan fingerprint density at radius 3 is 1.48 bits per heavy atom. The number of nitrogens with zero attached hydrogens (tertiary/aromatic N) is 2. The number of halogens is 1. The predicted molar refractivity (Wildman–Crippen MR) is 344 cm³/mol. The van der Waals surface area contributed by atoms with Gasteiger partial charge in [0.15, 0.2) is 0 Å². The molecule has 3 N–H and O–H groups in total. The molecule has 0 amide bonds. The molecule has 3 aliphatic heterocycles. The van der Waals surface area contributed by atoms with Crippen LogP contribution in [0.25, 0.3) is 22.6 Å². The molecule has 5 fully saturated rings. The zero-order chi connectivity index (χ0) is 67.2. The van der Waals surface area contributed by atoms with E-state index in [1.54, 1.807) is 61.2 Å². The van der Waals surface area contributed by atoms with Crippen molar-refractivity contribution in [1.29, 1.82) is 0 Å². The Morgan fingerprint density at radius 1 is 0.659 bits per heavy atom. The largest absolute Gasteiger partial charge is 0.482 e. The van der Waals surface area contributed by atoms with Crippen LogP contribution in [0.4, 0.5) is 4.11 Å². The SMILES string of the molecule is CC(=O)O[C@H]1CC2[C@](C)(CC[C@@H]3O[Si](C(C)(C)C)(C(C)(C)C)OC[C@@]23C)C2[C@@H](O)c3c(cc(-c4cccnc4)oc3=O)O[C@@]21C.CC(=O)O[C@H]1CC2[C@](C)(CC[C@H](O[Si](F)(C(C)(C)C)C(C)(C)C)[C@@]2(C)CO)C2[C@@H](O)c3c(cc(-c4cccnc4)oc3=O)O[C@@]21C. The maximum Gasteiger partial charge on any atom is 0.394 e. The van der Waals surface area contributed by atoms with E-state index in [0.717, 1.165) is 12.8 Å². The van der Waals surface area contributed by atoms with Crippen LogP contribution in [0.15, 0.2) is 79.6 Å². The maximum atomic E-state index is 17.3. The van der Waals surface area contributed by atoms with Gasteiger partial charge in [-0.25, -0.2) is 9.59 Å². The monoisotopic (exact) mass is 1300 g/mol. The van der Waals surface area contributed by atoms with Gasteiger partial charge in [0.2, 0.25) is 0 Å². The molecule has 11 rings (SSSR count). The van der Waals surface area contributed by atoms with Crippen molar-refractivity contribution >= 4 is 29.2 Å². The second-order valence-electron chi connectivity index (χ2n) is 33.0. The zero-order valence-electron chi connectivity index (χ0n) is 57.1. The number of aromatic nitrogens is 2. The average Bonchev–Trinajstić information content (AvgIpc) is 0.687. The molecule has 4 aromatic rings. The quantitative estimate of drug-likeness (QED) is 0.0884. The molecule has 4 aromatic heterocycles. The summed E-state index contributed by atoms with van der Waals surface area (Å²) in [5.41, 5.74) is -5.09. The molecule has 0 aromatic carbocycles. The minimum Gasteiger partial charge on any atom is -0.482 e. The Hall–Kier alpha value is -5.14. The van der Waals surface area contributed by atoms with Crippen LogP contribution in [-0.2, 0) is 32.3 Å². The summed E-state index contributed by atoms with van der Waals surface area (Å²) in [4.78, 5) is 60.5. The van der Waals surface area contributed by atoms with Crippen LogP contribution >= 0.6 is 0 Å². The third kappa shape index (κ3) is 10.7. The second-order valence-corrected chi connectivity index (χ2v) is 42.2. The fraction of sp³-hybridized carbons (Fsp3) is 0.686. The number of ether oxygens (including phenoxy) is 4. The molecule has 4 saturated carbocycles. The number of pyridine rings is 2. The van der Waals surface area contributed by atoms with Crippen molar-refractivity contribution in [3.8, 4) is 34.1 Å². The van der Waals surface area contributed by atoms with E-state index < -0.39 is 132 Å². The van der Waals surface area contributed by atoms with E-state index in [1.165, 1.54) is 13.8 Å². The lowest BCUT2D eigenvalue weighted by molar-refractivity contribution is -0.274. The molecule has 18 nitrogen and oxygen atoms in total. The summed E-state index contributed by atoms with van der Waals surface area (Å²) in [5, 5.41) is 33.8. The third-order valence-corrected chi connectivity index (χ3v) is 32.7. The smallest absolute Gasteiger partial charge is 0.394 e. The number of esters is 2. The van der Waals surface area contributed by atoms with E-state index in [1.807, 2.05) is 69.2 Å². The van der Waals surface area contributed by atoms with Crippen LogP contribution in [0, 0.1) is 45.3 Å². The first-order valence-electron chi connectivity index (χ1n) is 32.5. The van der Waals surface area contributed by atoms with Gasteiger partial charge in [0, 0.05) is 111 Å². The van der Waals surface area contributed by atoms with E-state index in [9.17, 15) is 34.5 Å². The summed E-state index contributed by atoms with van der Waals surface area (Å²) in [5.74, 6) is -1.78. The molecule has 0 bridgehead atoms. The van der Waals surface area contributed by atoms with E-state index in [-0.39, 0.29) is 63.5 Å². The summed E-state index contributed by atoms with van der Waals surface area (Å²) >= 11 is 0. The summed E-state index contributed by atoms with van der Waals surface area (Å²) < 4.78 is 75.2. The van der Waals surface area contributed by atoms with Crippen molar-refractivity contribution in [2.24, 2.45) is 45.3 Å². The van der Waals surface area contributed by atoms with E-state index in [0.29, 0.717) is 42.8 Å². The number of aliphatic hydroxyl groups excluding tert-OH is 3. The maximum absolute atomic E-state index is 17.3. The summed E-state index contributed by atoms with van der Waals surface area (Å²) in [6.45, 7) is 39.6. The highest BCUT2D eigenvalue weighted by Crippen LogP contribution is 2.72. The zero-order valence-corrected chi connectivity index (χ0v) is 59.1. The number of hydrogen-bond donors (Lipinski definition) is 3. The molecule has 500 valence electrons. The highest BCUT2D eigenvalue weighted by Gasteiger charge is 2.75. The van der Waals surface area contributed by atoms with Crippen molar-refractivity contribution in [2.75, 3.05) is 13.2 Å². The predicted octanol–water partition coefficient (Wildman–Crippen LogP) is 13.4. The molecule has 1 saturated heterocycles. The molecule has 91 heavy (non-hydrogen) atoms. The van der Waals surface area contributed by atoms with Gasteiger partial charge in [-0.15, -0.1) is 0 Å². The van der Waals surface area contributed by atoms with Gasteiger partial charge in [0.25, 0.3) is 0 Å². The molecule has 0 spiro atoms. The molecular formula is C70H99FN2O16Si2. The van der Waals surface area contributed by atoms with Crippen molar-refractivity contribution in [3.63, 3.8) is 0 Å². The van der Waals surface area contributed by atoms with Crippen LogP contribution < -0.4 is 20.7 Å². The average molecular weight is 1300 g/mol. The Labute approximate surface area is 537 Å². The van der Waals surface area contributed by atoms with E-state index >= 15 is 4.11 Å². The van der Waals surface area contributed by atoms with Crippen molar-refractivity contribution < 1.29 is 70.1 Å². The fourth-order valence-electron chi connectivity index (χ4n) is 19.3. The van der Waals surface area contributed by atoms with Gasteiger partial charge in [-0.2, -0.15) is 0 Å². The fourth-order valence-corrected chi connectivity index (χ4v) is 28.2. The standard InChI is InChI=1S/C35H50FNO8Si.C35H49NO8Si/c1-20(39)42-26-17-24-33(8,14-13-25(34(24,9)19-38)45-46(36,31(2,3)4)32(5,6)7)29-28(40)27-23(44-35(26,29)10)16-22(43-30(27)41)21-12-11-15-37-18-21;1-20(37)41-26-17-24-33(8,14-13-25-34(24,9)19-40-45(44-25,31(2,3)4)32(5,6)7)29-28(38)27-23(43-35(26,29)10)16-22(42-30(27)39)21-12-11-15-36-18-21/h11-12,15-16,18,24-26,28-29,38,40H,13-14,17,19H2,1-10H3;11-12,15-16,18,24-26,28-29,38H,13-14,17,19H2,1-10H3/t2*24?,25-,26-,28-,29?,33-,34-,35+/m00/s1. The van der Waals surface area contributed by atoms with Crippen LogP contribution in [0.2, 0.25) is 20.2 Å². The lowest BCUT2D eigenvalue weighted by Gasteiger charge is -2.69. The van der Waals surface area contributed by atoms with Gasteiger partial charge < -0.3 is 56.4 Å². The lowest BCUT2D eigenvalue weighted by atomic mass is 9.42. The number of aliphatic hydroxyl groups is 3. The van der Waals surface area contributed by atoms with Gasteiger partial charge in [-0.05, 0) is 99.3 Å². The van der Waals surface area contributed by atoms with Crippen LogP contribution in [-0.4, -0.2) is 103 Å². The minimum absolute atomic E-state index is 0.00159. The van der Waals surface area contributed by atoms with E-state index in [4.69, 9.17) is 41.1 Å². The Bertz CT molecular complexity index is 3510. The van der Waals surface area contributed by atoms with Crippen molar-refractivity contribution in [3.05, 3.63) is 93.2 Å². The molecule has 0 radical (unpaired) electrons. The first kappa shape index (κ1) is 68.7. The number of carbonyl (C=O) groups excluding carboxylic acids is 2. The lowest BCUT2D eigenvalue weighted by Crippen LogP contribution is -2.74. The van der Waals surface area contributed by atoms with Crippen LogP contribution in [0.1, 0.15) is 200 Å². The molecule has 16 atom stereocenters. The van der Waals surface area contributed by atoms with Gasteiger partial charge in [0.05, 0.1) is 31.0 Å². The number of rotatable bonds is 7. The first-order chi connectivity index (χ1) is 41.9. The summed E-state index contributed by atoms with van der Waals surface area (Å²) in [6.07, 6.45) is 4.91. The highest BCUT2D eigenvalue weighted by atomic mass is 28.4. The highest BCUT2D eigenvalue weighted by molar-refractivity contribution is 6.73. The number of hydrogen-bond acceptors (Lipinski definition) is 18. The molecule has 4 unspecified atom stereocenters. The Balaban J connectivity index is 0.000000200. The second kappa shape index (κ2) is 22.8. The van der Waals surface area contributed by atoms with Gasteiger partial charge >= 0.3 is 40.4 Å². The summed E-state index contributed by atoms with van der Waals surface area (Å²) in [6, 6.07) is 10.2. The topological polar surface area (TPSA) is 246 Å². The van der Waals surface area contributed by atoms with Gasteiger partial charge in [0.1, 0.15) is 57.6 Å². The molecule has 4 aliphatic carbocycles. The van der Waals surface area contributed by atoms with Crippen molar-refractivity contribution in [1.82, 2.24) is 9.97 Å². The molecular weight excluding hydrogens is 1200 g/mol. The van der Waals surface area contributed by atoms with Crippen LogP contribution in [0.5, 0.6) is 11.5 Å². The first-order valence-corrected chi connectivity index (χ1v) is 36.1. The number of fused-ring (bicyclic) bond motifs is 10. The summed E-state index contributed by atoms with van der Waals surface area (Å²) in [7, 11) is -6.68. The van der Waals surface area contributed by atoms with E-state index in [2.05, 4.69) is 65.4 Å². The van der Waals surface area contributed by atoms with Gasteiger partial charge in [-0.1, -0.05) is 111 Å². The molecule has 7 heterocycles. The molecule has 7 aliphatic rings. The Morgan fingerprint density at radius 2 is 1.09 bits per heavy atom.